The van der Waals surface area contributed by atoms with E-state index in [1.54, 1.807) is 27.2 Å². The molecule has 1 saturated heterocycles. The topological polar surface area (TPSA) is 186 Å². The van der Waals surface area contributed by atoms with Gasteiger partial charge in [0.05, 0.1) is 25.2 Å². The van der Waals surface area contributed by atoms with E-state index >= 15 is 0 Å². The Hall–Kier alpha value is -1.97. The molecule has 1 saturated carbocycles. The van der Waals surface area contributed by atoms with Gasteiger partial charge in [-0.25, -0.2) is 0 Å². The van der Waals surface area contributed by atoms with Crippen molar-refractivity contribution in [3.63, 3.8) is 0 Å². The number of nitrogens with two attached hydrogens (primary N) is 2. The van der Waals surface area contributed by atoms with Crippen LogP contribution in [0.15, 0.2) is 51.8 Å². The van der Waals surface area contributed by atoms with Crippen molar-refractivity contribution in [1.29, 1.82) is 0 Å². The van der Waals surface area contributed by atoms with Crippen LogP contribution in [-0.2, 0) is 18.9 Å². The molecule has 268 valence electrons. The van der Waals surface area contributed by atoms with Gasteiger partial charge in [0.25, 0.3) is 0 Å². The summed E-state index contributed by atoms with van der Waals surface area (Å²) in [6.07, 6.45) is 9.45. The third-order valence-corrected chi connectivity index (χ3v) is 9.18. The van der Waals surface area contributed by atoms with Gasteiger partial charge in [-0.15, -0.1) is 0 Å². The Kier molecular flexibility index (Phi) is 15.7. The van der Waals surface area contributed by atoms with Gasteiger partial charge < -0.3 is 56.4 Å². The number of aliphatic hydroxyl groups excluding tert-OH is 2. The van der Waals surface area contributed by atoms with Gasteiger partial charge in [0.15, 0.2) is 6.29 Å². The Balaban J connectivity index is 1.55. The molecule has 47 heavy (non-hydrogen) atoms. The smallest absolute Gasteiger partial charge is 0.215 e. The Morgan fingerprint density at radius 3 is 2.34 bits per heavy atom. The fourth-order valence-corrected chi connectivity index (χ4v) is 6.29. The minimum absolute atomic E-state index is 0.0569. The van der Waals surface area contributed by atoms with E-state index in [4.69, 9.17) is 30.4 Å². The van der Waals surface area contributed by atoms with E-state index in [-0.39, 0.29) is 12.6 Å². The summed E-state index contributed by atoms with van der Waals surface area (Å²) >= 11 is 0. The molecule has 0 aromatic rings. The average molecular weight is 664 g/mol. The highest BCUT2D eigenvalue weighted by Crippen LogP contribution is 2.32. The normalized spacial score (nSPS) is 37.1. The van der Waals surface area contributed by atoms with Crippen molar-refractivity contribution in [1.82, 2.24) is 10.6 Å². The number of nitrogens with zero attached hydrogens (tertiary/aromatic N) is 1. The summed E-state index contributed by atoms with van der Waals surface area (Å²) < 4.78 is 24.2. The third kappa shape index (κ3) is 11.6. The summed E-state index contributed by atoms with van der Waals surface area (Å²) in [5.74, 6) is 0.637. The van der Waals surface area contributed by atoms with Gasteiger partial charge in [0.2, 0.25) is 6.29 Å². The first kappa shape index (κ1) is 39.5. The molecule has 12 nitrogen and oxygen atoms in total. The molecule has 2 heterocycles. The number of hydrogen-bond donors (Lipinski definition) is 7. The lowest BCUT2D eigenvalue weighted by Gasteiger charge is -2.48. The van der Waals surface area contributed by atoms with Crippen LogP contribution in [0.5, 0.6) is 0 Å². The average Bonchev–Trinajstić information content (AvgIpc) is 3.01. The van der Waals surface area contributed by atoms with E-state index in [1.807, 2.05) is 12.2 Å². The van der Waals surface area contributed by atoms with Crippen LogP contribution in [0, 0.1) is 0 Å². The van der Waals surface area contributed by atoms with Gasteiger partial charge >= 0.3 is 0 Å². The van der Waals surface area contributed by atoms with Crippen LogP contribution in [0.25, 0.3) is 0 Å². The second-order valence-corrected chi connectivity index (χ2v) is 13.7. The van der Waals surface area contributed by atoms with E-state index < -0.39 is 60.7 Å². The molecular formula is C35H61N5O7. The first-order valence-electron chi connectivity index (χ1n) is 16.9. The van der Waals surface area contributed by atoms with Crippen LogP contribution in [-0.4, -0.2) is 116 Å². The van der Waals surface area contributed by atoms with Crippen LogP contribution in [0.3, 0.4) is 0 Å². The number of rotatable bonds is 15. The molecule has 2 fully saturated rings. The third-order valence-electron chi connectivity index (χ3n) is 9.18. The van der Waals surface area contributed by atoms with Crippen molar-refractivity contribution in [2.24, 2.45) is 16.5 Å². The van der Waals surface area contributed by atoms with E-state index in [2.05, 4.69) is 55.5 Å². The van der Waals surface area contributed by atoms with Gasteiger partial charge in [-0.1, -0.05) is 28.9 Å². The number of nitrogens with one attached hydrogen (secondary N) is 2. The fraction of sp³-hybridized carbons (Fsp3) is 0.743. The van der Waals surface area contributed by atoms with Crippen LogP contribution < -0.4 is 22.1 Å². The van der Waals surface area contributed by atoms with Gasteiger partial charge in [-0.05, 0) is 99.4 Å². The number of allylic oxidation sites excluding steroid dienone is 6. The van der Waals surface area contributed by atoms with Crippen LogP contribution in [0.1, 0.15) is 73.1 Å². The van der Waals surface area contributed by atoms with Crippen LogP contribution in [0.2, 0.25) is 0 Å². The quantitative estimate of drug-likeness (QED) is 0.100. The van der Waals surface area contributed by atoms with Crippen molar-refractivity contribution in [2.75, 3.05) is 27.2 Å². The highest BCUT2D eigenvalue weighted by Gasteiger charge is 2.51. The van der Waals surface area contributed by atoms with Crippen molar-refractivity contribution in [2.45, 2.75) is 140 Å². The van der Waals surface area contributed by atoms with E-state index in [0.717, 1.165) is 25.7 Å². The lowest BCUT2D eigenvalue weighted by molar-refractivity contribution is -0.304. The predicted molar refractivity (Wildman–Crippen MR) is 185 cm³/mol. The molecule has 0 radical (unpaired) electrons. The lowest BCUT2D eigenvalue weighted by Crippen LogP contribution is -2.68. The lowest BCUT2D eigenvalue weighted by atomic mass is 9.83. The molecule has 0 amide bonds. The molecule has 9 N–H and O–H groups in total. The second kappa shape index (κ2) is 18.7. The maximum Gasteiger partial charge on any atom is 0.215 e. The maximum absolute atomic E-state index is 11.5. The molecule has 1 aliphatic carbocycles. The molecule has 0 bridgehead atoms. The van der Waals surface area contributed by atoms with Crippen molar-refractivity contribution < 1.29 is 34.3 Å². The molecule has 0 aromatic carbocycles. The van der Waals surface area contributed by atoms with Crippen molar-refractivity contribution in [3.05, 3.63) is 46.8 Å². The van der Waals surface area contributed by atoms with E-state index in [0.29, 0.717) is 25.1 Å². The highest BCUT2D eigenvalue weighted by atomic mass is 16.7. The van der Waals surface area contributed by atoms with E-state index in [1.165, 1.54) is 16.7 Å². The van der Waals surface area contributed by atoms with Gasteiger partial charge in [0.1, 0.15) is 35.8 Å². The predicted octanol–water partition coefficient (Wildman–Crippen LogP) is 1.94. The minimum Gasteiger partial charge on any atom is -0.466 e. The summed E-state index contributed by atoms with van der Waals surface area (Å²) in [5, 5.41) is 39.1. The molecule has 3 aliphatic rings. The zero-order valence-corrected chi connectivity index (χ0v) is 29.4. The first-order valence-corrected chi connectivity index (χ1v) is 16.9. The van der Waals surface area contributed by atoms with Crippen molar-refractivity contribution in [3.8, 4) is 0 Å². The summed E-state index contributed by atoms with van der Waals surface area (Å²) in [5.41, 5.74) is 15.6. The van der Waals surface area contributed by atoms with Gasteiger partial charge in [-0.3, -0.25) is 4.99 Å². The number of ether oxygens (including phenoxy) is 4. The molecular weight excluding hydrogens is 602 g/mol. The SMILES string of the molecule is CNC1CC(N)C(OC2OC(CN=C/C=C(\C)CC/C=C(\C)CCC=C(C)C)=CCC2N)C(O)C1OC1OCC(C)(O)C(NC)C1O. The fourth-order valence-electron chi connectivity index (χ4n) is 6.29. The highest BCUT2D eigenvalue weighted by molar-refractivity contribution is 5.72. The Bertz CT molecular complexity index is 1140. The summed E-state index contributed by atoms with van der Waals surface area (Å²) in [7, 11) is 3.40. The Morgan fingerprint density at radius 1 is 0.979 bits per heavy atom. The molecule has 11 unspecified atom stereocenters. The zero-order chi connectivity index (χ0) is 34.7. The standard InChI is InChI=1S/C35H61N5O7/c1-21(2)10-8-11-22(3)12-9-13-23(4)16-17-40-19-24-14-15-25(36)33(45-24)46-30-26(37)18-27(38-6)31(28(30)41)47-34-29(42)32(39-7)35(5,43)20-44-34/h10,12,14,16-17,25-34,38-39,41-43H,8-9,11,13,15,18-20,36-37H2,1-7H3/b22-12+,23-16+,40-17?. The molecule has 0 spiro atoms. The summed E-state index contributed by atoms with van der Waals surface area (Å²) in [6.45, 7) is 10.4. The van der Waals surface area contributed by atoms with Gasteiger partial charge in [-0.2, -0.15) is 0 Å². The monoisotopic (exact) mass is 663 g/mol. The molecule has 12 heteroatoms. The van der Waals surface area contributed by atoms with Gasteiger partial charge in [0, 0.05) is 18.3 Å². The molecule has 0 aromatic heterocycles. The Morgan fingerprint density at radius 2 is 1.66 bits per heavy atom. The molecule has 2 aliphatic heterocycles. The molecule has 11 atom stereocenters. The number of hydrogen-bond acceptors (Lipinski definition) is 12. The minimum atomic E-state index is -1.30. The first-order chi connectivity index (χ1) is 22.3. The van der Waals surface area contributed by atoms with Crippen LogP contribution >= 0.6 is 0 Å². The van der Waals surface area contributed by atoms with Crippen LogP contribution in [0.4, 0.5) is 0 Å². The maximum atomic E-state index is 11.5. The largest absolute Gasteiger partial charge is 0.466 e. The van der Waals surface area contributed by atoms with E-state index in [9.17, 15) is 15.3 Å². The number of likely N-dealkylation sites (N-methyl/N-ethyl adjacent to an activating group) is 2. The Labute approximate surface area is 281 Å². The number of aliphatic imine (C=N–C) groups is 1. The van der Waals surface area contributed by atoms with Crippen molar-refractivity contribution >= 4 is 6.21 Å². The number of aliphatic hydroxyl groups is 3. The molecule has 3 rings (SSSR count). The summed E-state index contributed by atoms with van der Waals surface area (Å²) in [6, 6.07) is -2.05. The second-order valence-electron chi connectivity index (χ2n) is 13.7. The summed E-state index contributed by atoms with van der Waals surface area (Å²) in [4.78, 5) is 4.52. The zero-order valence-electron chi connectivity index (χ0n) is 29.4.